The van der Waals surface area contributed by atoms with Gasteiger partial charge in [0.2, 0.25) is 15.9 Å². The molecule has 2 rings (SSSR count). The Kier molecular flexibility index (Phi) is 7.39. The summed E-state index contributed by atoms with van der Waals surface area (Å²) in [5.41, 5.74) is 1.04. The normalized spacial score (nSPS) is 15.5. The van der Waals surface area contributed by atoms with Crippen molar-refractivity contribution in [2.24, 2.45) is 0 Å². The van der Waals surface area contributed by atoms with Crippen molar-refractivity contribution in [3.05, 3.63) is 23.8 Å². The summed E-state index contributed by atoms with van der Waals surface area (Å²) >= 11 is 0. The lowest BCUT2D eigenvalue weighted by Gasteiger charge is -2.33. The molecule has 0 unspecified atom stereocenters. The first-order valence-corrected chi connectivity index (χ1v) is 10.6. The number of benzene rings is 1. The highest BCUT2D eigenvalue weighted by molar-refractivity contribution is 7.89. The van der Waals surface area contributed by atoms with Gasteiger partial charge >= 0.3 is 6.09 Å². The Bertz CT molecular complexity index is 817. The van der Waals surface area contributed by atoms with E-state index in [0.717, 1.165) is 4.31 Å². The highest BCUT2D eigenvalue weighted by Crippen LogP contribution is 2.22. The second-order valence-electron chi connectivity index (χ2n) is 6.78. The Hall–Kier alpha value is -2.17. The summed E-state index contributed by atoms with van der Waals surface area (Å²) in [5, 5.41) is 2.75. The number of nitrogens with zero attached hydrogens (tertiary/aromatic N) is 3. The molecule has 9 nitrogen and oxygen atoms in total. The minimum absolute atomic E-state index is 0.165. The smallest absolute Gasteiger partial charge is 0.409 e. The molecule has 1 aromatic rings. The van der Waals surface area contributed by atoms with Gasteiger partial charge < -0.3 is 15.0 Å². The molecule has 0 spiro atoms. The van der Waals surface area contributed by atoms with Crippen LogP contribution in [0.1, 0.15) is 12.5 Å². The third-order valence-electron chi connectivity index (χ3n) is 4.50. The molecule has 156 valence electrons. The van der Waals surface area contributed by atoms with Gasteiger partial charge in [-0.1, -0.05) is 6.07 Å². The standard InChI is InChI=1S/C18H28N4O5S/c1-5-27-18(24)22-10-8-21(9-11-22)13-17(23)19-15-7-6-14(2)16(12-15)28(25,26)20(3)4/h6-7,12H,5,8-11,13H2,1-4H3,(H,19,23). The lowest BCUT2D eigenvalue weighted by atomic mass is 10.2. The summed E-state index contributed by atoms with van der Waals surface area (Å²) in [5.74, 6) is -0.235. The summed E-state index contributed by atoms with van der Waals surface area (Å²) in [4.78, 5) is 27.8. The zero-order chi connectivity index (χ0) is 20.9. The molecular weight excluding hydrogens is 384 g/mol. The minimum Gasteiger partial charge on any atom is -0.450 e. The first-order valence-electron chi connectivity index (χ1n) is 9.12. The molecule has 0 atom stereocenters. The number of carbonyl (C=O) groups excluding carboxylic acids is 2. The van der Waals surface area contributed by atoms with Gasteiger partial charge in [0.05, 0.1) is 18.0 Å². The summed E-state index contributed by atoms with van der Waals surface area (Å²) in [6, 6.07) is 4.83. The molecule has 1 aliphatic rings. The molecule has 0 aliphatic carbocycles. The summed E-state index contributed by atoms with van der Waals surface area (Å²) < 4.78 is 30.9. The van der Waals surface area contributed by atoms with E-state index in [1.165, 1.54) is 20.2 Å². The number of piperazine rings is 1. The molecule has 0 aromatic heterocycles. The monoisotopic (exact) mass is 412 g/mol. The predicted molar refractivity (Wildman–Crippen MR) is 106 cm³/mol. The molecule has 0 radical (unpaired) electrons. The molecule has 2 amide bonds. The lowest BCUT2D eigenvalue weighted by Crippen LogP contribution is -2.50. The van der Waals surface area contributed by atoms with Crippen molar-refractivity contribution in [1.29, 1.82) is 0 Å². The van der Waals surface area contributed by atoms with Gasteiger partial charge in [-0.3, -0.25) is 9.69 Å². The molecule has 0 saturated carbocycles. The third-order valence-corrected chi connectivity index (χ3v) is 6.45. The van der Waals surface area contributed by atoms with Crippen molar-refractivity contribution in [1.82, 2.24) is 14.1 Å². The van der Waals surface area contributed by atoms with E-state index >= 15 is 0 Å². The fourth-order valence-electron chi connectivity index (χ4n) is 2.86. The van der Waals surface area contributed by atoms with Crippen molar-refractivity contribution in [2.45, 2.75) is 18.7 Å². The van der Waals surface area contributed by atoms with Crippen molar-refractivity contribution in [3.8, 4) is 0 Å². The van der Waals surface area contributed by atoms with E-state index in [4.69, 9.17) is 4.74 Å². The molecule has 1 saturated heterocycles. The molecular formula is C18H28N4O5S. The van der Waals surface area contributed by atoms with Gasteiger partial charge in [0, 0.05) is 46.0 Å². The van der Waals surface area contributed by atoms with Gasteiger partial charge in [-0.2, -0.15) is 0 Å². The van der Waals surface area contributed by atoms with Crippen LogP contribution in [-0.2, 0) is 19.6 Å². The van der Waals surface area contributed by atoms with Crippen molar-refractivity contribution >= 4 is 27.7 Å². The molecule has 1 heterocycles. The Morgan fingerprint density at radius 2 is 1.82 bits per heavy atom. The Balaban J connectivity index is 1.95. The fourth-order valence-corrected chi connectivity index (χ4v) is 4.00. The summed E-state index contributed by atoms with van der Waals surface area (Å²) in [7, 11) is -0.653. The zero-order valence-corrected chi connectivity index (χ0v) is 17.6. The van der Waals surface area contributed by atoms with Crippen LogP contribution in [-0.4, -0.2) is 87.9 Å². The number of amides is 2. The summed E-state index contributed by atoms with van der Waals surface area (Å²) in [6.45, 7) is 6.12. The van der Waals surface area contributed by atoms with Gasteiger partial charge in [0.25, 0.3) is 0 Å². The van der Waals surface area contributed by atoms with Gasteiger partial charge in [-0.05, 0) is 31.5 Å². The van der Waals surface area contributed by atoms with Crippen molar-refractivity contribution in [2.75, 3.05) is 58.7 Å². The summed E-state index contributed by atoms with van der Waals surface area (Å²) in [6.07, 6.45) is -0.333. The van der Waals surface area contributed by atoms with Crippen LogP contribution in [0.25, 0.3) is 0 Å². The molecule has 10 heteroatoms. The third kappa shape index (κ3) is 5.43. The first-order chi connectivity index (χ1) is 13.1. The van der Waals surface area contributed by atoms with E-state index in [-0.39, 0.29) is 23.4 Å². The maximum absolute atomic E-state index is 12.4. The first kappa shape index (κ1) is 22.1. The molecule has 0 bridgehead atoms. The number of hydrogen-bond donors (Lipinski definition) is 1. The van der Waals surface area contributed by atoms with E-state index in [0.29, 0.717) is 44.0 Å². The maximum atomic E-state index is 12.4. The number of hydrogen-bond acceptors (Lipinski definition) is 6. The number of rotatable bonds is 6. The van der Waals surface area contributed by atoms with E-state index in [9.17, 15) is 18.0 Å². The SMILES string of the molecule is CCOC(=O)N1CCN(CC(=O)Nc2ccc(C)c(S(=O)(=O)N(C)C)c2)CC1. The van der Waals surface area contributed by atoms with E-state index in [1.807, 2.05) is 4.90 Å². The average molecular weight is 413 g/mol. The van der Waals surface area contributed by atoms with Crippen molar-refractivity contribution < 1.29 is 22.7 Å². The Labute approximate surface area is 166 Å². The number of carbonyl (C=O) groups is 2. The molecule has 1 fully saturated rings. The van der Waals surface area contributed by atoms with Crippen LogP contribution in [0.2, 0.25) is 0 Å². The average Bonchev–Trinajstić information content (AvgIpc) is 2.63. The van der Waals surface area contributed by atoms with Gasteiger partial charge in [-0.25, -0.2) is 17.5 Å². The number of nitrogens with one attached hydrogen (secondary N) is 1. The largest absolute Gasteiger partial charge is 0.450 e. The number of anilines is 1. The minimum atomic E-state index is -3.59. The number of sulfonamides is 1. The topological polar surface area (TPSA) is 99.3 Å². The van der Waals surface area contributed by atoms with Crippen LogP contribution in [0.3, 0.4) is 0 Å². The molecule has 28 heavy (non-hydrogen) atoms. The Morgan fingerprint density at radius 3 is 2.39 bits per heavy atom. The quantitative estimate of drug-likeness (QED) is 0.747. The van der Waals surface area contributed by atoms with Gasteiger partial charge in [-0.15, -0.1) is 0 Å². The molecule has 1 aliphatic heterocycles. The highest BCUT2D eigenvalue weighted by Gasteiger charge is 2.24. The molecule has 1 N–H and O–H groups in total. The Morgan fingerprint density at radius 1 is 1.18 bits per heavy atom. The van der Waals surface area contributed by atoms with Gasteiger partial charge in [0.1, 0.15) is 0 Å². The van der Waals surface area contributed by atoms with E-state index in [1.54, 1.807) is 30.9 Å². The van der Waals surface area contributed by atoms with Crippen LogP contribution >= 0.6 is 0 Å². The van der Waals surface area contributed by atoms with E-state index in [2.05, 4.69) is 5.32 Å². The van der Waals surface area contributed by atoms with E-state index < -0.39 is 10.0 Å². The number of ether oxygens (including phenoxy) is 1. The lowest BCUT2D eigenvalue weighted by molar-refractivity contribution is -0.117. The maximum Gasteiger partial charge on any atom is 0.409 e. The van der Waals surface area contributed by atoms with Crippen LogP contribution in [0.15, 0.2) is 23.1 Å². The molecule has 1 aromatic carbocycles. The van der Waals surface area contributed by atoms with Crippen molar-refractivity contribution in [3.63, 3.8) is 0 Å². The predicted octanol–water partition coefficient (Wildman–Crippen LogP) is 0.958. The highest BCUT2D eigenvalue weighted by atomic mass is 32.2. The zero-order valence-electron chi connectivity index (χ0n) is 16.8. The fraction of sp³-hybridized carbons (Fsp3) is 0.556. The van der Waals surface area contributed by atoms with Gasteiger partial charge in [0.15, 0.2) is 0 Å². The van der Waals surface area contributed by atoms with Crippen LogP contribution in [0.5, 0.6) is 0 Å². The van der Waals surface area contributed by atoms with Crippen LogP contribution in [0.4, 0.5) is 10.5 Å². The van der Waals surface area contributed by atoms with Crippen LogP contribution < -0.4 is 5.32 Å². The number of aryl methyl sites for hydroxylation is 1. The second-order valence-corrected chi connectivity index (χ2v) is 8.90. The van der Waals surface area contributed by atoms with Crippen LogP contribution in [0, 0.1) is 6.92 Å². The second kappa shape index (κ2) is 9.35.